The number of hydrogen-bond donors (Lipinski definition) is 2. The highest BCUT2D eigenvalue weighted by Gasteiger charge is 2.73. The third-order valence-corrected chi connectivity index (χ3v) is 5.29. The summed E-state index contributed by atoms with van der Waals surface area (Å²) >= 11 is 0. The molecule has 5 rings (SSSR count). The molecule has 1 amide bonds. The standard InChI is InChI=1S/C18H14N2O6/c1-18-10-6-8(2-3-12(10)26-14(18)13(18)16(21)22)25-11-4-5-19-15-9(11)7-24-17(23)20-15/h2-6,13-14H,7H2,1H3,(H,21,22)(H,19,20,23)/t13-,14+,18?/m0/s1. The third kappa shape index (κ3) is 1.92. The molecule has 2 N–H and O–H groups in total. The molecular formula is C18H14N2O6. The zero-order chi connectivity index (χ0) is 18.1. The molecule has 1 aliphatic carbocycles. The van der Waals surface area contributed by atoms with Crippen LogP contribution in [-0.2, 0) is 21.6 Å². The number of carbonyl (C=O) groups is 2. The minimum Gasteiger partial charge on any atom is -0.488 e. The first-order valence-electron chi connectivity index (χ1n) is 8.12. The van der Waals surface area contributed by atoms with Crippen molar-refractivity contribution in [2.75, 3.05) is 5.32 Å². The molecule has 0 bridgehead atoms. The summed E-state index contributed by atoms with van der Waals surface area (Å²) in [5, 5.41) is 11.9. The van der Waals surface area contributed by atoms with E-state index in [1.165, 1.54) is 6.20 Å². The number of carbonyl (C=O) groups excluding carboxylic acids is 1. The van der Waals surface area contributed by atoms with Crippen molar-refractivity contribution < 1.29 is 28.9 Å². The number of anilines is 1. The highest BCUT2D eigenvalue weighted by Crippen LogP contribution is 2.63. The topological polar surface area (TPSA) is 107 Å². The fraction of sp³-hybridized carbons (Fsp3) is 0.278. The lowest BCUT2D eigenvalue weighted by molar-refractivity contribution is -0.139. The van der Waals surface area contributed by atoms with Gasteiger partial charge in [-0.25, -0.2) is 9.78 Å². The largest absolute Gasteiger partial charge is 0.488 e. The lowest BCUT2D eigenvalue weighted by Gasteiger charge is -2.19. The molecule has 1 saturated carbocycles. The Labute approximate surface area is 147 Å². The van der Waals surface area contributed by atoms with Crippen LogP contribution in [0.1, 0.15) is 18.1 Å². The second kappa shape index (κ2) is 4.87. The number of aromatic nitrogens is 1. The third-order valence-electron chi connectivity index (χ3n) is 5.29. The predicted molar refractivity (Wildman–Crippen MR) is 87.5 cm³/mol. The fourth-order valence-corrected chi connectivity index (χ4v) is 3.82. The van der Waals surface area contributed by atoms with E-state index in [4.69, 9.17) is 14.2 Å². The molecule has 1 fully saturated rings. The molecule has 3 atom stereocenters. The summed E-state index contributed by atoms with van der Waals surface area (Å²) < 4.78 is 16.7. The van der Waals surface area contributed by atoms with Crippen molar-refractivity contribution >= 4 is 17.9 Å². The Kier molecular flexibility index (Phi) is 2.81. The van der Waals surface area contributed by atoms with E-state index in [9.17, 15) is 14.7 Å². The number of carboxylic acids is 1. The van der Waals surface area contributed by atoms with Crippen LogP contribution in [0.2, 0.25) is 0 Å². The van der Waals surface area contributed by atoms with Crippen LogP contribution in [0.4, 0.5) is 10.6 Å². The highest BCUT2D eigenvalue weighted by atomic mass is 16.6. The van der Waals surface area contributed by atoms with Gasteiger partial charge in [0.2, 0.25) is 0 Å². The van der Waals surface area contributed by atoms with Gasteiger partial charge >= 0.3 is 12.1 Å². The van der Waals surface area contributed by atoms with Crippen LogP contribution < -0.4 is 14.8 Å². The number of nitrogens with zero attached hydrogens (tertiary/aromatic N) is 1. The number of hydrogen-bond acceptors (Lipinski definition) is 6. The Balaban J connectivity index is 1.48. The lowest BCUT2D eigenvalue weighted by Crippen LogP contribution is -2.21. The summed E-state index contributed by atoms with van der Waals surface area (Å²) in [7, 11) is 0. The van der Waals surface area contributed by atoms with E-state index in [1.54, 1.807) is 18.2 Å². The molecule has 0 spiro atoms. The van der Waals surface area contributed by atoms with Gasteiger partial charge in [-0.15, -0.1) is 0 Å². The van der Waals surface area contributed by atoms with E-state index in [-0.39, 0.29) is 12.7 Å². The van der Waals surface area contributed by atoms with Crippen molar-refractivity contribution in [2.24, 2.45) is 5.92 Å². The Morgan fingerprint density at radius 3 is 3.08 bits per heavy atom. The quantitative estimate of drug-likeness (QED) is 0.872. The number of ether oxygens (including phenoxy) is 3. The molecule has 0 radical (unpaired) electrons. The minimum atomic E-state index is -0.856. The van der Waals surface area contributed by atoms with Crippen LogP contribution >= 0.6 is 0 Å². The number of carboxylic acid groups (broad SMARTS) is 1. The normalized spacial score (nSPS) is 27.2. The number of amides is 1. The summed E-state index contributed by atoms with van der Waals surface area (Å²) in [5.41, 5.74) is 0.942. The number of rotatable bonds is 3. The molecule has 0 saturated heterocycles. The molecule has 1 aromatic heterocycles. The fourth-order valence-electron chi connectivity index (χ4n) is 3.82. The highest BCUT2D eigenvalue weighted by molar-refractivity contribution is 5.86. The molecule has 2 aromatic rings. The number of pyridine rings is 1. The van der Waals surface area contributed by atoms with Crippen LogP contribution in [0, 0.1) is 5.92 Å². The van der Waals surface area contributed by atoms with Gasteiger partial charge in [-0.3, -0.25) is 10.1 Å². The Hall–Kier alpha value is -3.29. The van der Waals surface area contributed by atoms with Gasteiger partial charge in [-0.05, 0) is 24.3 Å². The zero-order valence-corrected chi connectivity index (χ0v) is 13.7. The minimum absolute atomic E-state index is 0.0687. The first-order chi connectivity index (χ1) is 12.5. The summed E-state index contributed by atoms with van der Waals surface area (Å²) in [6, 6.07) is 7.04. The van der Waals surface area contributed by atoms with Crippen molar-refractivity contribution in [3.63, 3.8) is 0 Å². The van der Waals surface area contributed by atoms with Crippen LogP contribution in [0.3, 0.4) is 0 Å². The first kappa shape index (κ1) is 15.0. The second-order valence-electron chi connectivity index (χ2n) is 6.73. The molecule has 2 aliphatic heterocycles. The van der Waals surface area contributed by atoms with E-state index in [1.807, 2.05) is 13.0 Å². The molecule has 132 valence electrons. The van der Waals surface area contributed by atoms with Crippen molar-refractivity contribution in [3.8, 4) is 17.2 Å². The van der Waals surface area contributed by atoms with E-state index in [2.05, 4.69) is 10.3 Å². The molecule has 8 nitrogen and oxygen atoms in total. The van der Waals surface area contributed by atoms with Gasteiger partial charge in [-0.2, -0.15) is 0 Å². The van der Waals surface area contributed by atoms with Gasteiger partial charge in [0.1, 0.15) is 41.7 Å². The Morgan fingerprint density at radius 2 is 2.27 bits per heavy atom. The number of cyclic esters (lactones) is 1. The summed E-state index contributed by atoms with van der Waals surface area (Å²) in [6.45, 7) is 1.96. The maximum Gasteiger partial charge on any atom is 0.413 e. The lowest BCUT2D eigenvalue weighted by atomic mass is 9.95. The van der Waals surface area contributed by atoms with Crippen molar-refractivity contribution in [1.82, 2.24) is 4.98 Å². The van der Waals surface area contributed by atoms with Crippen molar-refractivity contribution in [2.45, 2.75) is 25.0 Å². The SMILES string of the molecule is CC12c3cc(Oc4ccnc5c4COC(=O)N5)ccc3O[C@@H]1[C@H]2C(=O)O. The summed E-state index contributed by atoms with van der Waals surface area (Å²) in [4.78, 5) is 26.8. The molecular weight excluding hydrogens is 340 g/mol. The molecule has 1 aromatic carbocycles. The Bertz CT molecular complexity index is 974. The van der Waals surface area contributed by atoms with Gasteiger partial charge in [0.25, 0.3) is 0 Å². The van der Waals surface area contributed by atoms with Crippen LogP contribution in [0.15, 0.2) is 30.5 Å². The summed E-state index contributed by atoms with van der Waals surface area (Å²) in [5.74, 6) is 0.767. The molecule has 3 aliphatic rings. The molecule has 8 heteroatoms. The number of benzene rings is 1. The van der Waals surface area contributed by atoms with E-state index >= 15 is 0 Å². The van der Waals surface area contributed by atoms with Crippen molar-refractivity contribution in [1.29, 1.82) is 0 Å². The van der Waals surface area contributed by atoms with Crippen molar-refractivity contribution in [3.05, 3.63) is 41.6 Å². The number of aliphatic carboxylic acids is 1. The maximum absolute atomic E-state index is 11.4. The van der Waals surface area contributed by atoms with Gasteiger partial charge in [0, 0.05) is 11.8 Å². The summed E-state index contributed by atoms with van der Waals surface area (Å²) in [6.07, 6.45) is 0.654. The van der Waals surface area contributed by atoms with E-state index in [0.717, 1.165) is 5.56 Å². The zero-order valence-electron chi connectivity index (χ0n) is 13.7. The van der Waals surface area contributed by atoms with Gasteiger partial charge < -0.3 is 19.3 Å². The second-order valence-corrected chi connectivity index (χ2v) is 6.73. The molecule has 26 heavy (non-hydrogen) atoms. The predicted octanol–water partition coefficient (Wildman–Crippen LogP) is 2.67. The maximum atomic E-state index is 11.4. The molecule has 1 unspecified atom stereocenters. The monoisotopic (exact) mass is 354 g/mol. The number of fused-ring (bicyclic) bond motifs is 4. The van der Waals surface area contributed by atoms with Gasteiger partial charge in [-0.1, -0.05) is 6.92 Å². The molecule has 3 heterocycles. The smallest absolute Gasteiger partial charge is 0.413 e. The average Bonchev–Trinajstić information content (AvgIpc) is 3.11. The average molecular weight is 354 g/mol. The van der Waals surface area contributed by atoms with Crippen LogP contribution in [0.5, 0.6) is 17.2 Å². The number of nitrogens with one attached hydrogen (secondary N) is 1. The first-order valence-corrected chi connectivity index (χ1v) is 8.12. The van der Waals surface area contributed by atoms with Crippen LogP contribution in [-0.4, -0.2) is 28.3 Å². The van der Waals surface area contributed by atoms with Gasteiger partial charge in [0.05, 0.1) is 11.0 Å². The van der Waals surface area contributed by atoms with E-state index in [0.29, 0.717) is 28.6 Å². The van der Waals surface area contributed by atoms with E-state index < -0.39 is 23.4 Å². The van der Waals surface area contributed by atoms with Crippen LogP contribution in [0.25, 0.3) is 0 Å². The Morgan fingerprint density at radius 1 is 1.42 bits per heavy atom. The van der Waals surface area contributed by atoms with Gasteiger partial charge in [0.15, 0.2) is 0 Å².